The van der Waals surface area contributed by atoms with Crippen LogP contribution in [-0.4, -0.2) is 56.1 Å². The third-order valence-corrected chi connectivity index (χ3v) is 5.61. The number of hydrogen-bond acceptors (Lipinski definition) is 8. The van der Waals surface area contributed by atoms with Gasteiger partial charge in [0.25, 0.3) is 0 Å². The van der Waals surface area contributed by atoms with E-state index in [0.29, 0.717) is 48.3 Å². The van der Waals surface area contributed by atoms with Crippen LogP contribution in [-0.2, 0) is 9.47 Å². The van der Waals surface area contributed by atoms with Crippen molar-refractivity contribution in [3.63, 3.8) is 0 Å². The highest BCUT2D eigenvalue weighted by Crippen LogP contribution is 2.26. The van der Waals surface area contributed by atoms with Gasteiger partial charge in [0, 0.05) is 14.1 Å². The number of nitrogens with zero attached hydrogens (tertiary/aromatic N) is 1. The summed E-state index contributed by atoms with van der Waals surface area (Å²) in [6.07, 6.45) is 2.22. The van der Waals surface area contributed by atoms with Gasteiger partial charge in [-0.15, -0.1) is 0 Å². The summed E-state index contributed by atoms with van der Waals surface area (Å²) in [4.78, 5) is 30.4. The molecule has 0 saturated heterocycles. The molecule has 3 rings (SSSR count). The zero-order valence-electron chi connectivity index (χ0n) is 20.5. The first kappa shape index (κ1) is 25.5. The Morgan fingerprint density at radius 1 is 0.794 bits per heavy atom. The summed E-state index contributed by atoms with van der Waals surface area (Å²) >= 11 is 0. The average molecular weight is 471 g/mol. The van der Waals surface area contributed by atoms with Crippen LogP contribution < -0.4 is 14.9 Å². The van der Waals surface area contributed by atoms with Gasteiger partial charge in [0.15, 0.2) is 5.72 Å². The van der Waals surface area contributed by atoms with Gasteiger partial charge in [-0.2, -0.15) is 5.06 Å². The number of hydrogen-bond donors (Lipinski definition) is 1. The Balaban J connectivity index is 1.44. The minimum atomic E-state index is -0.506. The summed E-state index contributed by atoms with van der Waals surface area (Å²) in [6, 6.07) is 13.7. The van der Waals surface area contributed by atoms with E-state index in [1.54, 1.807) is 67.7 Å². The first-order chi connectivity index (χ1) is 16.1. The van der Waals surface area contributed by atoms with Gasteiger partial charge < -0.3 is 19.0 Å². The molecule has 0 radical (unpaired) electrons. The number of rotatable bonds is 9. The van der Waals surface area contributed by atoms with Crippen LogP contribution in [0.4, 0.5) is 0 Å². The van der Waals surface area contributed by atoms with Crippen LogP contribution in [0.25, 0.3) is 0 Å². The number of nitrogens with one attached hydrogen (secondary N) is 1. The van der Waals surface area contributed by atoms with Crippen molar-refractivity contribution in [2.24, 2.45) is 0 Å². The topological polar surface area (TPSA) is 86.3 Å². The third-order valence-electron chi connectivity index (χ3n) is 5.61. The van der Waals surface area contributed by atoms with E-state index in [1.807, 2.05) is 20.9 Å². The lowest BCUT2D eigenvalue weighted by atomic mass is 9.95. The van der Waals surface area contributed by atoms with Crippen molar-refractivity contribution in [3.8, 4) is 11.5 Å². The second-order valence-corrected chi connectivity index (χ2v) is 9.02. The predicted octanol–water partition coefficient (Wildman–Crippen LogP) is 4.20. The fraction of sp³-hybridized carbons (Fsp3) is 0.462. The van der Waals surface area contributed by atoms with Crippen LogP contribution in [0, 0.1) is 0 Å². The van der Waals surface area contributed by atoms with Gasteiger partial charge in [0.05, 0.1) is 11.1 Å². The minimum absolute atomic E-state index is 0.188. The second kappa shape index (κ2) is 11.4. The van der Waals surface area contributed by atoms with Crippen LogP contribution in [0.2, 0.25) is 0 Å². The largest absolute Gasteiger partial charge is 0.473 e. The molecule has 34 heavy (non-hydrogen) atoms. The van der Waals surface area contributed by atoms with Gasteiger partial charge in [-0.25, -0.2) is 9.59 Å². The van der Waals surface area contributed by atoms with Crippen molar-refractivity contribution >= 4 is 11.9 Å². The van der Waals surface area contributed by atoms with E-state index in [2.05, 4.69) is 5.32 Å². The molecule has 0 heterocycles. The van der Waals surface area contributed by atoms with E-state index in [1.165, 1.54) is 0 Å². The Morgan fingerprint density at radius 2 is 1.21 bits per heavy atom. The Hall–Kier alpha value is -3.10. The highest BCUT2D eigenvalue weighted by molar-refractivity contribution is 5.90. The summed E-state index contributed by atoms with van der Waals surface area (Å²) in [5, 5.41) is 4.64. The van der Waals surface area contributed by atoms with Crippen LogP contribution >= 0.6 is 0 Å². The SMILES string of the molecule is CNC(C)(C)Oc1ccc(C(=O)OC2CCC(OC(=O)c3ccc(ON(C)C)cc3)CC2)cc1. The number of carbonyl (C=O) groups is 2. The maximum absolute atomic E-state index is 12.5. The molecule has 0 aromatic heterocycles. The Bertz CT molecular complexity index is 948. The van der Waals surface area contributed by atoms with Crippen molar-refractivity contribution in [3.05, 3.63) is 59.7 Å². The molecule has 8 nitrogen and oxygen atoms in total. The minimum Gasteiger partial charge on any atom is -0.473 e. The second-order valence-electron chi connectivity index (χ2n) is 9.02. The molecule has 1 N–H and O–H groups in total. The van der Waals surface area contributed by atoms with Crippen molar-refractivity contribution < 1.29 is 28.6 Å². The van der Waals surface area contributed by atoms with Crippen LogP contribution in [0.15, 0.2) is 48.5 Å². The molecule has 1 saturated carbocycles. The first-order valence-corrected chi connectivity index (χ1v) is 11.5. The molecule has 0 bridgehead atoms. The van der Waals surface area contributed by atoms with E-state index in [4.69, 9.17) is 19.0 Å². The van der Waals surface area contributed by atoms with Crippen LogP contribution in [0.1, 0.15) is 60.2 Å². The summed E-state index contributed by atoms with van der Waals surface area (Å²) in [6.45, 7) is 3.83. The van der Waals surface area contributed by atoms with Crippen molar-refractivity contribution in [1.82, 2.24) is 10.4 Å². The maximum Gasteiger partial charge on any atom is 0.338 e. The van der Waals surface area contributed by atoms with Gasteiger partial charge in [-0.05, 0) is 95.1 Å². The maximum atomic E-state index is 12.5. The number of ether oxygens (including phenoxy) is 3. The first-order valence-electron chi connectivity index (χ1n) is 11.5. The standard InChI is InChI=1S/C26H34N2O6/c1-26(2,27-3)33-22-10-6-18(7-11-22)24(29)31-20-14-16-21(17-15-20)32-25(30)19-8-12-23(13-9-19)34-28(4)5/h6-13,20-21,27H,14-17H2,1-5H3. The molecule has 0 amide bonds. The zero-order valence-corrected chi connectivity index (χ0v) is 20.5. The van der Waals surface area contributed by atoms with E-state index >= 15 is 0 Å². The molecular weight excluding hydrogens is 436 g/mol. The lowest BCUT2D eigenvalue weighted by Gasteiger charge is -2.28. The van der Waals surface area contributed by atoms with E-state index in [0.717, 1.165) is 0 Å². The average Bonchev–Trinajstić information content (AvgIpc) is 2.80. The van der Waals surface area contributed by atoms with Gasteiger partial charge in [0.1, 0.15) is 23.7 Å². The summed E-state index contributed by atoms with van der Waals surface area (Å²) < 4.78 is 17.1. The zero-order chi connectivity index (χ0) is 24.7. The molecule has 1 aliphatic carbocycles. The monoisotopic (exact) mass is 470 g/mol. The Kier molecular flexibility index (Phi) is 8.52. The van der Waals surface area contributed by atoms with Crippen molar-refractivity contribution in [1.29, 1.82) is 0 Å². The van der Waals surface area contributed by atoms with Gasteiger partial charge in [0.2, 0.25) is 0 Å². The highest BCUT2D eigenvalue weighted by atomic mass is 16.7. The van der Waals surface area contributed by atoms with Gasteiger partial charge in [-0.3, -0.25) is 5.32 Å². The quantitative estimate of drug-likeness (QED) is 0.332. The number of hydroxylamine groups is 2. The number of carbonyl (C=O) groups excluding carboxylic acids is 2. The molecule has 8 heteroatoms. The molecule has 1 aliphatic rings. The predicted molar refractivity (Wildman–Crippen MR) is 128 cm³/mol. The van der Waals surface area contributed by atoms with E-state index < -0.39 is 5.72 Å². The van der Waals surface area contributed by atoms with Gasteiger partial charge in [-0.1, -0.05) is 0 Å². The Morgan fingerprint density at radius 3 is 1.59 bits per heavy atom. The third kappa shape index (κ3) is 7.46. The number of esters is 2. The normalized spacial score (nSPS) is 18.3. The van der Waals surface area contributed by atoms with E-state index in [9.17, 15) is 9.59 Å². The van der Waals surface area contributed by atoms with Crippen LogP contribution in [0.3, 0.4) is 0 Å². The number of benzene rings is 2. The van der Waals surface area contributed by atoms with E-state index in [-0.39, 0.29) is 24.1 Å². The summed E-state index contributed by atoms with van der Waals surface area (Å²) in [5.41, 5.74) is 0.448. The van der Waals surface area contributed by atoms with Crippen LogP contribution in [0.5, 0.6) is 11.5 Å². The van der Waals surface area contributed by atoms with Crippen molar-refractivity contribution in [2.45, 2.75) is 57.5 Å². The molecule has 1 fully saturated rings. The fourth-order valence-electron chi connectivity index (χ4n) is 3.57. The molecule has 0 aliphatic heterocycles. The molecule has 0 unspecified atom stereocenters. The van der Waals surface area contributed by atoms with Crippen molar-refractivity contribution in [2.75, 3.05) is 21.1 Å². The molecule has 0 spiro atoms. The lowest BCUT2D eigenvalue weighted by Crippen LogP contribution is -2.42. The molecule has 184 valence electrons. The molecule has 0 atom stereocenters. The lowest BCUT2D eigenvalue weighted by molar-refractivity contribution is -0.0109. The molecular formula is C26H34N2O6. The smallest absolute Gasteiger partial charge is 0.338 e. The fourth-order valence-corrected chi connectivity index (χ4v) is 3.57. The van der Waals surface area contributed by atoms with Gasteiger partial charge >= 0.3 is 11.9 Å². The molecule has 2 aromatic rings. The highest BCUT2D eigenvalue weighted by Gasteiger charge is 2.27. The Labute approximate surface area is 201 Å². The molecule has 2 aromatic carbocycles. The summed E-state index contributed by atoms with van der Waals surface area (Å²) in [5.74, 6) is 0.589. The summed E-state index contributed by atoms with van der Waals surface area (Å²) in [7, 11) is 5.39.